The highest BCUT2D eigenvalue weighted by atomic mass is 16.5. The Balaban J connectivity index is 2.92. The van der Waals surface area contributed by atoms with Crippen LogP contribution in [0, 0.1) is 0 Å². The van der Waals surface area contributed by atoms with Crippen molar-refractivity contribution in [2.24, 2.45) is 0 Å². The highest BCUT2D eigenvalue weighted by molar-refractivity contribution is 5.97. The summed E-state index contributed by atoms with van der Waals surface area (Å²) in [6.07, 6.45) is 1.28. The molecular formula is C15H21NO5. The summed E-state index contributed by atoms with van der Waals surface area (Å²) >= 11 is 0. The standard InChI is InChI=1S/C15H21NO5/c1-4-5-10(8-14(17)18)16-15(19)12-9-11(20-2)6-7-13(12)21-3/h6-7,9-10H,4-5,8H2,1-3H3,(H,16,19)(H,17,18). The van der Waals surface area contributed by atoms with Gasteiger partial charge >= 0.3 is 5.97 Å². The number of aliphatic carboxylic acids is 1. The zero-order valence-corrected chi connectivity index (χ0v) is 12.5. The predicted molar refractivity (Wildman–Crippen MR) is 78.0 cm³/mol. The van der Waals surface area contributed by atoms with Crippen LogP contribution in [0.5, 0.6) is 11.5 Å². The number of benzene rings is 1. The van der Waals surface area contributed by atoms with E-state index in [-0.39, 0.29) is 12.3 Å². The molecule has 0 aliphatic carbocycles. The largest absolute Gasteiger partial charge is 0.497 e. The molecule has 0 aromatic heterocycles. The van der Waals surface area contributed by atoms with Crippen molar-refractivity contribution in [2.75, 3.05) is 14.2 Å². The van der Waals surface area contributed by atoms with Crippen molar-refractivity contribution in [3.63, 3.8) is 0 Å². The first-order chi connectivity index (χ1) is 10.0. The van der Waals surface area contributed by atoms with Crippen LogP contribution in [0.4, 0.5) is 0 Å². The lowest BCUT2D eigenvalue weighted by atomic mass is 10.1. The third kappa shape index (κ3) is 4.98. The Hall–Kier alpha value is -2.24. The minimum absolute atomic E-state index is 0.105. The van der Waals surface area contributed by atoms with Crippen LogP contribution in [0.1, 0.15) is 36.5 Å². The molecule has 6 heteroatoms. The molecule has 0 aliphatic rings. The number of hydrogen-bond acceptors (Lipinski definition) is 4. The SMILES string of the molecule is CCCC(CC(=O)O)NC(=O)c1cc(OC)ccc1OC. The molecule has 0 saturated heterocycles. The van der Waals surface area contributed by atoms with Crippen LogP contribution in [0.15, 0.2) is 18.2 Å². The number of ether oxygens (including phenoxy) is 2. The van der Waals surface area contributed by atoms with Crippen LogP contribution < -0.4 is 14.8 Å². The third-order valence-corrected chi connectivity index (χ3v) is 3.04. The van der Waals surface area contributed by atoms with Crippen LogP contribution in [-0.4, -0.2) is 37.2 Å². The maximum Gasteiger partial charge on any atom is 0.305 e. The van der Waals surface area contributed by atoms with Crippen molar-refractivity contribution in [3.05, 3.63) is 23.8 Å². The van der Waals surface area contributed by atoms with Gasteiger partial charge in [0.05, 0.1) is 26.2 Å². The molecule has 21 heavy (non-hydrogen) atoms. The summed E-state index contributed by atoms with van der Waals surface area (Å²) in [6, 6.07) is 4.49. The van der Waals surface area contributed by atoms with Crippen molar-refractivity contribution >= 4 is 11.9 Å². The fourth-order valence-corrected chi connectivity index (χ4v) is 2.04. The molecule has 1 unspecified atom stereocenters. The first-order valence-corrected chi connectivity index (χ1v) is 6.76. The number of carbonyl (C=O) groups is 2. The van der Waals surface area contributed by atoms with Gasteiger partial charge in [-0.25, -0.2) is 0 Å². The first kappa shape index (κ1) is 16.8. The molecule has 0 saturated carbocycles. The summed E-state index contributed by atoms with van der Waals surface area (Å²) in [6.45, 7) is 1.94. The number of nitrogens with one attached hydrogen (secondary N) is 1. The number of carboxylic acids is 1. The van der Waals surface area contributed by atoms with E-state index in [0.717, 1.165) is 6.42 Å². The van der Waals surface area contributed by atoms with Crippen LogP contribution >= 0.6 is 0 Å². The lowest BCUT2D eigenvalue weighted by Gasteiger charge is -2.17. The Morgan fingerprint density at radius 1 is 1.29 bits per heavy atom. The number of carbonyl (C=O) groups excluding carboxylic acids is 1. The number of methoxy groups -OCH3 is 2. The van der Waals surface area contributed by atoms with Gasteiger partial charge in [0.25, 0.3) is 5.91 Å². The summed E-state index contributed by atoms with van der Waals surface area (Å²) in [5.41, 5.74) is 0.323. The van der Waals surface area contributed by atoms with Crippen LogP contribution in [0.3, 0.4) is 0 Å². The predicted octanol–water partition coefficient (Wildman–Crippen LogP) is 2.08. The second-order valence-electron chi connectivity index (χ2n) is 4.62. The van der Waals surface area contributed by atoms with E-state index in [4.69, 9.17) is 14.6 Å². The van der Waals surface area contributed by atoms with Crippen molar-refractivity contribution in [2.45, 2.75) is 32.2 Å². The average Bonchev–Trinajstić information content (AvgIpc) is 2.46. The van der Waals surface area contributed by atoms with Crippen molar-refractivity contribution < 1.29 is 24.2 Å². The number of hydrogen-bond donors (Lipinski definition) is 2. The monoisotopic (exact) mass is 295 g/mol. The minimum atomic E-state index is -0.939. The summed E-state index contributed by atoms with van der Waals surface area (Å²) in [4.78, 5) is 23.1. The van der Waals surface area contributed by atoms with E-state index in [1.807, 2.05) is 6.92 Å². The molecule has 0 fully saturated rings. The number of amides is 1. The number of carboxylic acid groups (broad SMARTS) is 1. The zero-order valence-electron chi connectivity index (χ0n) is 12.5. The zero-order chi connectivity index (χ0) is 15.8. The highest BCUT2D eigenvalue weighted by Crippen LogP contribution is 2.24. The fourth-order valence-electron chi connectivity index (χ4n) is 2.04. The topological polar surface area (TPSA) is 84.9 Å². The Kier molecular flexibility index (Phi) is 6.52. The lowest BCUT2D eigenvalue weighted by Crippen LogP contribution is -2.36. The summed E-state index contributed by atoms with van der Waals surface area (Å²) in [7, 11) is 2.98. The molecule has 1 rings (SSSR count). The van der Waals surface area contributed by atoms with Gasteiger partial charge in [0.2, 0.25) is 0 Å². The molecule has 1 aromatic carbocycles. The van der Waals surface area contributed by atoms with E-state index in [9.17, 15) is 9.59 Å². The average molecular weight is 295 g/mol. The molecule has 0 spiro atoms. The van der Waals surface area contributed by atoms with Crippen molar-refractivity contribution in [3.8, 4) is 11.5 Å². The summed E-state index contributed by atoms with van der Waals surface area (Å²) < 4.78 is 10.2. The van der Waals surface area contributed by atoms with Gasteiger partial charge < -0.3 is 19.9 Å². The first-order valence-electron chi connectivity index (χ1n) is 6.76. The van der Waals surface area contributed by atoms with E-state index in [2.05, 4.69) is 5.32 Å². The van der Waals surface area contributed by atoms with E-state index in [0.29, 0.717) is 23.5 Å². The van der Waals surface area contributed by atoms with E-state index in [1.54, 1.807) is 18.2 Å². The lowest BCUT2D eigenvalue weighted by molar-refractivity contribution is -0.137. The van der Waals surface area contributed by atoms with Crippen LogP contribution in [0.25, 0.3) is 0 Å². The van der Waals surface area contributed by atoms with Crippen LogP contribution in [0.2, 0.25) is 0 Å². The minimum Gasteiger partial charge on any atom is -0.497 e. The highest BCUT2D eigenvalue weighted by Gasteiger charge is 2.19. The van der Waals surface area contributed by atoms with Gasteiger partial charge in [-0.15, -0.1) is 0 Å². The summed E-state index contributed by atoms with van der Waals surface area (Å²) in [5.74, 6) is -0.359. The molecule has 1 atom stereocenters. The maximum absolute atomic E-state index is 12.3. The van der Waals surface area contributed by atoms with Gasteiger partial charge in [0, 0.05) is 6.04 Å². The quantitative estimate of drug-likeness (QED) is 0.767. The van der Waals surface area contributed by atoms with Crippen molar-refractivity contribution in [1.29, 1.82) is 0 Å². The van der Waals surface area contributed by atoms with Crippen LogP contribution in [-0.2, 0) is 4.79 Å². The van der Waals surface area contributed by atoms with Gasteiger partial charge in [-0.05, 0) is 24.6 Å². The fraction of sp³-hybridized carbons (Fsp3) is 0.467. The molecule has 6 nitrogen and oxygen atoms in total. The van der Waals surface area contributed by atoms with Crippen molar-refractivity contribution in [1.82, 2.24) is 5.32 Å². The van der Waals surface area contributed by atoms with Gasteiger partial charge in [-0.1, -0.05) is 13.3 Å². The van der Waals surface area contributed by atoms with Gasteiger partial charge in [0.15, 0.2) is 0 Å². The number of rotatable bonds is 8. The van der Waals surface area contributed by atoms with Gasteiger partial charge in [-0.2, -0.15) is 0 Å². The maximum atomic E-state index is 12.3. The second-order valence-corrected chi connectivity index (χ2v) is 4.62. The molecule has 1 amide bonds. The molecular weight excluding hydrogens is 274 g/mol. The molecule has 0 heterocycles. The smallest absolute Gasteiger partial charge is 0.305 e. The second kappa shape index (κ2) is 8.14. The van der Waals surface area contributed by atoms with E-state index >= 15 is 0 Å². The molecule has 116 valence electrons. The Morgan fingerprint density at radius 2 is 2.00 bits per heavy atom. The van der Waals surface area contributed by atoms with Gasteiger partial charge in [-0.3, -0.25) is 9.59 Å². The Morgan fingerprint density at radius 3 is 2.52 bits per heavy atom. The molecule has 2 N–H and O–H groups in total. The molecule has 0 radical (unpaired) electrons. The Bertz CT molecular complexity index is 501. The normalized spacial score (nSPS) is 11.6. The molecule has 0 bridgehead atoms. The molecule has 0 aliphatic heterocycles. The summed E-state index contributed by atoms with van der Waals surface area (Å²) in [5, 5.41) is 11.6. The third-order valence-electron chi connectivity index (χ3n) is 3.04. The van der Waals surface area contributed by atoms with E-state index < -0.39 is 12.0 Å². The van der Waals surface area contributed by atoms with Gasteiger partial charge in [0.1, 0.15) is 11.5 Å². The molecule has 1 aromatic rings. The van der Waals surface area contributed by atoms with E-state index in [1.165, 1.54) is 14.2 Å². The Labute approximate surface area is 124 Å².